The fourth-order valence-electron chi connectivity index (χ4n) is 2.46. The lowest BCUT2D eigenvalue weighted by molar-refractivity contribution is -0.146. The molecule has 1 heterocycles. The number of carbonyl (C=O) groups excluding carboxylic acids is 1. The number of hydrogen-bond donors (Lipinski definition) is 0. The summed E-state index contributed by atoms with van der Waals surface area (Å²) in [5, 5.41) is 0. The van der Waals surface area contributed by atoms with Gasteiger partial charge >= 0.3 is 5.97 Å². The van der Waals surface area contributed by atoms with Gasteiger partial charge in [-0.2, -0.15) is 0 Å². The van der Waals surface area contributed by atoms with Crippen LogP contribution in [-0.2, 0) is 9.53 Å². The maximum Gasteiger partial charge on any atom is 0.313 e. The molecule has 2 aliphatic rings. The Morgan fingerprint density at radius 2 is 2.11 bits per heavy atom. The van der Waals surface area contributed by atoms with E-state index in [2.05, 4.69) is 4.90 Å². The Morgan fingerprint density at radius 1 is 1.37 bits per heavy atom. The van der Waals surface area contributed by atoms with Crippen LogP contribution >= 0.6 is 0 Å². The number of esters is 1. The van der Waals surface area contributed by atoms with Crippen LogP contribution in [0.5, 0.6) is 11.5 Å². The minimum atomic E-state index is -0.320. The predicted molar refractivity (Wildman–Crippen MR) is 69.5 cm³/mol. The molecular weight excluding hydrogens is 246 g/mol. The number of anilines is 1. The first-order valence-electron chi connectivity index (χ1n) is 6.34. The zero-order valence-electron chi connectivity index (χ0n) is 11.1. The average molecular weight is 263 g/mol. The third-order valence-electron chi connectivity index (χ3n) is 3.81. The van der Waals surface area contributed by atoms with E-state index in [-0.39, 0.29) is 18.2 Å². The Kier molecular flexibility index (Phi) is 2.77. The van der Waals surface area contributed by atoms with Crippen molar-refractivity contribution in [2.24, 2.45) is 5.41 Å². The van der Waals surface area contributed by atoms with E-state index in [1.165, 1.54) is 7.11 Å². The first kappa shape index (κ1) is 12.1. The van der Waals surface area contributed by atoms with Gasteiger partial charge in [0.15, 0.2) is 11.5 Å². The van der Waals surface area contributed by atoms with Gasteiger partial charge in [0.25, 0.3) is 0 Å². The number of hydrogen-bond acceptors (Lipinski definition) is 5. The molecule has 0 unspecified atom stereocenters. The molecule has 5 heteroatoms. The molecule has 0 amide bonds. The zero-order valence-corrected chi connectivity index (χ0v) is 11.1. The van der Waals surface area contributed by atoms with Crippen molar-refractivity contribution >= 4 is 11.7 Å². The first-order valence-corrected chi connectivity index (χ1v) is 6.34. The lowest BCUT2D eigenvalue weighted by Gasteiger charge is -2.24. The molecule has 0 saturated heterocycles. The molecule has 1 aromatic carbocycles. The smallest absolute Gasteiger partial charge is 0.313 e. The molecule has 102 valence electrons. The number of carbonyl (C=O) groups is 1. The van der Waals surface area contributed by atoms with Crippen molar-refractivity contribution in [3.63, 3.8) is 0 Å². The Hall–Kier alpha value is -1.91. The Bertz CT molecular complexity index is 510. The Morgan fingerprint density at radius 3 is 2.79 bits per heavy atom. The molecular formula is C14H17NO4. The molecule has 5 nitrogen and oxygen atoms in total. The standard InChI is InChI=1S/C14H17NO4/c1-15(8-14(5-6-14)13(16)17-2)10-3-4-11-12(7-10)19-9-18-11/h3-4,7H,5-6,8-9H2,1-2H3. The minimum absolute atomic E-state index is 0.111. The van der Waals surface area contributed by atoms with Crippen molar-refractivity contribution in [1.82, 2.24) is 0 Å². The zero-order chi connectivity index (χ0) is 13.5. The van der Waals surface area contributed by atoms with Gasteiger partial charge in [-0.1, -0.05) is 0 Å². The molecule has 0 atom stereocenters. The van der Waals surface area contributed by atoms with E-state index >= 15 is 0 Å². The molecule has 0 radical (unpaired) electrons. The predicted octanol–water partition coefficient (Wildman–Crippen LogP) is 1.80. The van der Waals surface area contributed by atoms with E-state index in [9.17, 15) is 4.79 Å². The van der Waals surface area contributed by atoms with Crippen molar-refractivity contribution in [3.8, 4) is 11.5 Å². The van der Waals surface area contributed by atoms with Gasteiger partial charge in [-0.15, -0.1) is 0 Å². The number of benzene rings is 1. The summed E-state index contributed by atoms with van der Waals surface area (Å²) in [5.74, 6) is 1.42. The van der Waals surface area contributed by atoms with Crippen molar-refractivity contribution in [2.45, 2.75) is 12.8 Å². The molecule has 1 aliphatic heterocycles. The number of fused-ring (bicyclic) bond motifs is 1. The highest BCUT2D eigenvalue weighted by atomic mass is 16.7. The highest BCUT2D eigenvalue weighted by Gasteiger charge is 2.51. The van der Waals surface area contributed by atoms with Crippen LogP contribution in [0.1, 0.15) is 12.8 Å². The largest absolute Gasteiger partial charge is 0.469 e. The van der Waals surface area contributed by atoms with Crippen LogP contribution < -0.4 is 14.4 Å². The maximum atomic E-state index is 11.8. The van der Waals surface area contributed by atoms with Crippen molar-refractivity contribution < 1.29 is 19.0 Å². The summed E-state index contributed by atoms with van der Waals surface area (Å²) in [6, 6.07) is 5.81. The SMILES string of the molecule is COC(=O)C1(CN(C)c2ccc3c(c2)OCO3)CC1. The monoisotopic (exact) mass is 263 g/mol. The number of methoxy groups -OCH3 is 1. The third kappa shape index (κ3) is 2.09. The Labute approximate surface area is 112 Å². The fraction of sp³-hybridized carbons (Fsp3) is 0.500. The highest BCUT2D eigenvalue weighted by Crippen LogP contribution is 2.48. The van der Waals surface area contributed by atoms with Gasteiger partial charge in [0, 0.05) is 25.3 Å². The van der Waals surface area contributed by atoms with E-state index in [1.54, 1.807) is 0 Å². The van der Waals surface area contributed by atoms with Gasteiger partial charge in [-0.3, -0.25) is 4.79 Å². The van der Waals surface area contributed by atoms with E-state index in [0.717, 1.165) is 30.0 Å². The summed E-state index contributed by atoms with van der Waals surface area (Å²) in [7, 11) is 3.42. The molecule has 1 aliphatic carbocycles. The van der Waals surface area contributed by atoms with Crippen molar-refractivity contribution in [3.05, 3.63) is 18.2 Å². The average Bonchev–Trinajstić information content (AvgIpc) is 3.05. The molecule has 1 saturated carbocycles. The molecule has 19 heavy (non-hydrogen) atoms. The molecule has 0 N–H and O–H groups in total. The van der Waals surface area contributed by atoms with E-state index < -0.39 is 0 Å². The summed E-state index contributed by atoms with van der Waals surface area (Å²) in [5.41, 5.74) is 0.694. The summed E-state index contributed by atoms with van der Waals surface area (Å²) in [6.45, 7) is 0.938. The number of ether oxygens (including phenoxy) is 3. The van der Waals surface area contributed by atoms with Gasteiger partial charge in [0.05, 0.1) is 12.5 Å². The van der Waals surface area contributed by atoms with Crippen molar-refractivity contribution in [1.29, 1.82) is 0 Å². The van der Waals surface area contributed by atoms with Crippen LogP contribution in [0.2, 0.25) is 0 Å². The van der Waals surface area contributed by atoms with Crippen LogP contribution in [0.3, 0.4) is 0 Å². The number of nitrogens with zero attached hydrogens (tertiary/aromatic N) is 1. The lowest BCUT2D eigenvalue weighted by Crippen LogP contribution is -2.32. The summed E-state index contributed by atoms with van der Waals surface area (Å²) in [6.07, 6.45) is 1.79. The summed E-state index contributed by atoms with van der Waals surface area (Å²) < 4.78 is 15.5. The van der Waals surface area contributed by atoms with Crippen LogP contribution in [0.4, 0.5) is 5.69 Å². The molecule has 0 bridgehead atoms. The second-order valence-electron chi connectivity index (χ2n) is 5.17. The molecule has 0 spiro atoms. The minimum Gasteiger partial charge on any atom is -0.469 e. The molecule has 1 aromatic rings. The lowest BCUT2D eigenvalue weighted by atomic mass is 10.1. The van der Waals surface area contributed by atoms with E-state index in [1.807, 2.05) is 25.2 Å². The second-order valence-corrected chi connectivity index (χ2v) is 5.17. The second kappa shape index (κ2) is 4.33. The van der Waals surface area contributed by atoms with Gasteiger partial charge in [0.1, 0.15) is 0 Å². The van der Waals surface area contributed by atoms with Crippen LogP contribution in [0.15, 0.2) is 18.2 Å². The quantitative estimate of drug-likeness (QED) is 0.775. The topological polar surface area (TPSA) is 48.0 Å². The van der Waals surface area contributed by atoms with E-state index in [4.69, 9.17) is 14.2 Å². The fourth-order valence-corrected chi connectivity index (χ4v) is 2.46. The normalized spacial score (nSPS) is 18.0. The summed E-state index contributed by atoms with van der Waals surface area (Å²) >= 11 is 0. The van der Waals surface area contributed by atoms with Gasteiger partial charge < -0.3 is 19.1 Å². The maximum absolute atomic E-state index is 11.8. The first-order chi connectivity index (χ1) is 9.14. The van der Waals surface area contributed by atoms with E-state index in [0.29, 0.717) is 6.54 Å². The third-order valence-corrected chi connectivity index (χ3v) is 3.81. The van der Waals surface area contributed by atoms with Gasteiger partial charge in [-0.25, -0.2) is 0 Å². The highest BCUT2D eigenvalue weighted by molar-refractivity contribution is 5.80. The molecule has 1 fully saturated rings. The van der Waals surface area contributed by atoms with Crippen molar-refractivity contribution in [2.75, 3.05) is 32.4 Å². The summed E-state index contributed by atoms with van der Waals surface area (Å²) in [4.78, 5) is 13.8. The van der Waals surface area contributed by atoms with Crippen LogP contribution in [0, 0.1) is 5.41 Å². The van der Waals surface area contributed by atoms with Crippen LogP contribution in [-0.4, -0.2) is 33.5 Å². The number of rotatable bonds is 4. The molecule has 3 rings (SSSR count). The Balaban J connectivity index is 1.74. The van der Waals surface area contributed by atoms with Gasteiger partial charge in [0.2, 0.25) is 6.79 Å². The molecule has 0 aromatic heterocycles. The van der Waals surface area contributed by atoms with Gasteiger partial charge in [-0.05, 0) is 25.0 Å². The van der Waals surface area contributed by atoms with Crippen LogP contribution in [0.25, 0.3) is 0 Å².